The van der Waals surface area contributed by atoms with Crippen molar-refractivity contribution < 1.29 is 14.3 Å². The fourth-order valence-corrected chi connectivity index (χ4v) is 4.85. The standard InChI is InChI=1S/C26H28N4O3/c1-15-7-6-8-16(11-15)23-22-18(13-26(2,3)14-19(22)31)27-25-28-24(29-30(23)25)17-9-10-20(32-4)21(12-17)33-5/h6-12,23H,13-14H2,1-5H3,(H,27,28,29). The van der Waals surface area contributed by atoms with Crippen molar-refractivity contribution in [3.63, 3.8) is 0 Å². The fourth-order valence-electron chi connectivity index (χ4n) is 4.85. The van der Waals surface area contributed by atoms with Gasteiger partial charge < -0.3 is 14.8 Å². The van der Waals surface area contributed by atoms with Crippen LogP contribution in [0.25, 0.3) is 11.4 Å². The Kier molecular flexibility index (Phi) is 5.00. The van der Waals surface area contributed by atoms with Crippen LogP contribution in [0, 0.1) is 12.3 Å². The topological polar surface area (TPSA) is 78.3 Å². The fraction of sp³-hybridized carbons (Fsp3) is 0.346. The van der Waals surface area contributed by atoms with E-state index in [1.807, 2.05) is 28.9 Å². The Morgan fingerprint density at radius 2 is 1.85 bits per heavy atom. The molecule has 1 unspecified atom stereocenters. The number of aryl methyl sites for hydroxylation is 1. The number of hydrogen-bond donors (Lipinski definition) is 1. The van der Waals surface area contributed by atoms with E-state index in [1.54, 1.807) is 14.2 Å². The second kappa shape index (κ2) is 7.76. The van der Waals surface area contributed by atoms with Crippen LogP contribution in [0.1, 0.15) is 43.9 Å². The third-order valence-electron chi connectivity index (χ3n) is 6.33. The van der Waals surface area contributed by atoms with Crippen molar-refractivity contribution >= 4 is 11.7 Å². The second-order valence-corrected chi connectivity index (χ2v) is 9.55. The van der Waals surface area contributed by atoms with E-state index in [4.69, 9.17) is 19.6 Å². The number of ketones is 1. The van der Waals surface area contributed by atoms with E-state index in [0.717, 1.165) is 34.4 Å². The van der Waals surface area contributed by atoms with E-state index in [2.05, 4.69) is 44.3 Å². The molecule has 7 heteroatoms. The van der Waals surface area contributed by atoms with Gasteiger partial charge in [-0.3, -0.25) is 4.79 Å². The molecule has 1 aliphatic carbocycles. The maximum atomic E-state index is 13.4. The molecule has 0 amide bonds. The highest BCUT2D eigenvalue weighted by Gasteiger charge is 2.41. The highest BCUT2D eigenvalue weighted by molar-refractivity contribution is 6.00. The lowest BCUT2D eigenvalue weighted by molar-refractivity contribution is -0.118. The molecule has 0 spiro atoms. The van der Waals surface area contributed by atoms with Gasteiger partial charge in [0.25, 0.3) is 0 Å². The van der Waals surface area contributed by atoms with Gasteiger partial charge in [-0.2, -0.15) is 4.98 Å². The summed E-state index contributed by atoms with van der Waals surface area (Å²) < 4.78 is 12.7. The molecule has 1 N–H and O–H groups in total. The van der Waals surface area contributed by atoms with Gasteiger partial charge in [0.05, 0.1) is 14.2 Å². The number of anilines is 1. The smallest absolute Gasteiger partial charge is 0.226 e. The molecule has 3 aromatic rings. The van der Waals surface area contributed by atoms with Gasteiger partial charge in [0, 0.05) is 23.3 Å². The number of benzene rings is 2. The summed E-state index contributed by atoms with van der Waals surface area (Å²) in [6.45, 7) is 6.32. The largest absolute Gasteiger partial charge is 0.493 e. The van der Waals surface area contributed by atoms with Crippen LogP contribution >= 0.6 is 0 Å². The molecule has 2 aliphatic rings. The molecule has 33 heavy (non-hydrogen) atoms. The van der Waals surface area contributed by atoms with E-state index < -0.39 is 0 Å². The molecule has 1 aromatic heterocycles. The van der Waals surface area contributed by atoms with E-state index in [1.165, 1.54) is 0 Å². The Hall–Kier alpha value is -3.61. The number of nitrogens with one attached hydrogen (secondary N) is 1. The molecule has 0 saturated heterocycles. The maximum absolute atomic E-state index is 13.4. The van der Waals surface area contributed by atoms with Crippen LogP contribution in [0.2, 0.25) is 0 Å². The number of rotatable bonds is 4. The Morgan fingerprint density at radius 3 is 2.58 bits per heavy atom. The monoisotopic (exact) mass is 444 g/mol. The lowest BCUT2D eigenvalue weighted by Gasteiger charge is -2.38. The van der Waals surface area contributed by atoms with Crippen molar-refractivity contribution in [2.75, 3.05) is 19.5 Å². The van der Waals surface area contributed by atoms with Gasteiger partial charge in [-0.15, -0.1) is 5.10 Å². The molecule has 0 radical (unpaired) electrons. The Labute approximate surface area is 193 Å². The maximum Gasteiger partial charge on any atom is 0.226 e. The van der Waals surface area contributed by atoms with E-state index in [0.29, 0.717) is 29.7 Å². The van der Waals surface area contributed by atoms with Crippen molar-refractivity contribution in [1.29, 1.82) is 0 Å². The summed E-state index contributed by atoms with van der Waals surface area (Å²) >= 11 is 0. The summed E-state index contributed by atoms with van der Waals surface area (Å²) in [6.07, 6.45) is 1.30. The van der Waals surface area contributed by atoms with E-state index >= 15 is 0 Å². The number of hydrogen-bond acceptors (Lipinski definition) is 6. The first-order valence-corrected chi connectivity index (χ1v) is 11.1. The second-order valence-electron chi connectivity index (χ2n) is 9.55. The highest BCUT2D eigenvalue weighted by atomic mass is 16.5. The number of carbonyl (C=O) groups is 1. The molecule has 7 nitrogen and oxygen atoms in total. The minimum Gasteiger partial charge on any atom is -0.493 e. The van der Waals surface area contributed by atoms with Crippen LogP contribution in [0.4, 0.5) is 5.95 Å². The lowest BCUT2D eigenvalue weighted by Crippen LogP contribution is -2.36. The Bertz CT molecular complexity index is 1290. The normalized spacial score (nSPS) is 18.9. The molecule has 5 rings (SSSR count). The molecular weight excluding hydrogens is 416 g/mol. The van der Waals surface area contributed by atoms with Crippen LogP contribution in [0.15, 0.2) is 53.7 Å². The zero-order valence-corrected chi connectivity index (χ0v) is 19.6. The lowest BCUT2D eigenvalue weighted by atomic mass is 9.73. The van der Waals surface area contributed by atoms with Crippen LogP contribution in [-0.2, 0) is 4.79 Å². The summed E-state index contributed by atoms with van der Waals surface area (Å²) in [5.41, 5.74) is 4.61. The van der Waals surface area contributed by atoms with E-state index in [9.17, 15) is 4.79 Å². The summed E-state index contributed by atoms with van der Waals surface area (Å²) in [5, 5.41) is 8.29. The number of ether oxygens (including phenoxy) is 2. The molecule has 1 aliphatic heterocycles. The van der Waals surface area contributed by atoms with Crippen LogP contribution in [0.5, 0.6) is 11.5 Å². The van der Waals surface area contributed by atoms with Crippen LogP contribution < -0.4 is 14.8 Å². The SMILES string of the molecule is COc1ccc(-c2nc3n(n2)C(c2cccc(C)c2)C2=C(CC(C)(C)CC2=O)N3)cc1OC. The van der Waals surface area contributed by atoms with Crippen LogP contribution in [-0.4, -0.2) is 34.8 Å². The third-order valence-corrected chi connectivity index (χ3v) is 6.33. The first kappa shape index (κ1) is 21.2. The first-order valence-electron chi connectivity index (χ1n) is 11.1. The zero-order chi connectivity index (χ0) is 23.3. The van der Waals surface area contributed by atoms with Gasteiger partial charge in [-0.25, -0.2) is 4.68 Å². The molecule has 2 heterocycles. The number of allylic oxidation sites excluding steroid dienone is 2. The molecule has 1 atom stereocenters. The van der Waals surface area contributed by atoms with E-state index in [-0.39, 0.29) is 17.2 Å². The van der Waals surface area contributed by atoms with Crippen molar-refractivity contribution in [2.24, 2.45) is 5.41 Å². The number of carbonyl (C=O) groups excluding carboxylic acids is 1. The predicted octanol–water partition coefficient (Wildman–Crippen LogP) is 4.93. The van der Waals surface area contributed by atoms with Gasteiger partial charge in [0.1, 0.15) is 6.04 Å². The summed E-state index contributed by atoms with van der Waals surface area (Å²) in [7, 11) is 3.21. The Morgan fingerprint density at radius 1 is 1.06 bits per heavy atom. The number of nitrogens with zero attached hydrogens (tertiary/aromatic N) is 3. The summed E-state index contributed by atoms with van der Waals surface area (Å²) in [5.74, 6) is 2.61. The Balaban J connectivity index is 1.66. The number of aromatic nitrogens is 3. The third kappa shape index (κ3) is 3.67. The number of Topliss-reactive ketones (excluding diaryl/α,β-unsaturated/α-hetero) is 1. The highest BCUT2D eigenvalue weighted by Crippen LogP contribution is 2.46. The van der Waals surface area contributed by atoms with Crippen LogP contribution in [0.3, 0.4) is 0 Å². The average molecular weight is 445 g/mol. The number of methoxy groups -OCH3 is 2. The van der Waals surface area contributed by atoms with Gasteiger partial charge >= 0.3 is 0 Å². The molecule has 2 aromatic carbocycles. The molecular formula is C26H28N4O3. The molecule has 170 valence electrons. The first-order chi connectivity index (χ1) is 15.8. The van der Waals surface area contributed by atoms with Crippen molar-refractivity contribution in [1.82, 2.24) is 14.8 Å². The quantitative estimate of drug-likeness (QED) is 0.615. The molecule has 0 saturated carbocycles. The minimum atomic E-state index is -0.318. The molecule has 0 fully saturated rings. The van der Waals surface area contributed by atoms with Gasteiger partial charge in [0.15, 0.2) is 23.1 Å². The average Bonchev–Trinajstić information content (AvgIpc) is 3.20. The van der Waals surface area contributed by atoms with Gasteiger partial charge in [-0.05, 0) is 42.5 Å². The molecule has 0 bridgehead atoms. The van der Waals surface area contributed by atoms with Gasteiger partial charge in [-0.1, -0.05) is 43.7 Å². The van der Waals surface area contributed by atoms with Crippen molar-refractivity contribution in [3.8, 4) is 22.9 Å². The summed E-state index contributed by atoms with van der Waals surface area (Å²) in [4.78, 5) is 18.2. The number of fused-ring (bicyclic) bond motifs is 1. The van der Waals surface area contributed by atoms with Crippen molar-refractivity contribution in [2.45, 2.75) is 39.7 Å². The summed E-state index contributed by atoms with van der Waals surface area (Å²) in [6, 6.07) is 13.6. The zero-order valence-electron chi connectivity index (χ0n) is 19.6. The van der Waals surface area contributed by atoms with Gasteiger partial charge in [0.2, 0.25) is 5.95 Å². The van der Waals surface area contributed by atoms with Crippen molar-refractivity contribution in [3.05, 3.63) is 64.9 Å². The minimum absolute atomic E-state index is 0.103. The predicted molar refractivity (Wildman–Crippen MR) is 127 cm³/mol.